The Hall–Kier alpha value is -2.06. The number of nitrogens with one attached hydrogen (secondary N) is 3. The number of likely N-dealkylation sites (tertiary alicyclic amines) is 1. The number of hydrogen-bond acceptors (Lipinski definition) is 5. The summed E-state index contributed by atoms with van der Waals surface area (Å²) in [5.41, 5.74) is -1.86. The van der Waals surface area contributed by atoms with Gasteiger partial charge in [-0.15, -0.1) is 12.4 Å². The molecule has 2 aliphatic heterocycles. The largest absolute Gasteiger partial charge is 0.444 e. The van der Waals surface area contributed by atoms with E-state index in [-0.39, 0.29) is 57.6 Å². The third-order valence-electron chi connectivity index (χ3n) is 10.9. The molecule has 0 aromatic carbocycles. The van der Waals surface area contributed by atoms with Crippen LogP contribution in [0.5, 0.6) is 0 Å². The third kappa shape index (κ3) is 10.2. The predicted octanol–water partition coefficient (Wildman–Crippen LogP) is 8.10. The zero-order valence-electron chi connectivity index (χ0n) is 32.2. The maximum absolute atomic E-state index is 13.5. The van der Waals surface area contributed by atoms with Gasteiger partial charge in [0.15, 0.2) is 0 Å². The van der Waals surface area contributed by atoms with E-state index in [9.17, 15) is 14.4 Å². The van der Waals surface area contributed by atoms with Crippen molar-refractivity contribution in [2.75, 3.05) is 26.2 Å². The number of rotatable bonds is 4. The second kappa shape index (κ2) is 15.9. The summed E-state index contributed by atoms with van der Waals surface area (Å²) in [6.07, 6.45) is 18.7. The van der Waals surface area contributed by atoms with Crippen LogP contribution in [0.25, 0.3) is 0 Å². The first-order valence-corrected chi connectivity index (χ1v) is 18.3. The molecule has 2 fully saturated rings. The Morgan fingerprint density at radius 3 is 1.40 bits per heavy atom. The molecule has 2 unspecified atom stereocenters. The van der Waals surface area contributed by atoms with Crippen molar-refractivity contribution in [2.24, 2.45) is 21.7 Å². The third-order valence-corrected chi connectivity index (χ3v) is 10.9. The first-order chi connectivity index (χ1) is 21.6. The van der Waals surface area contributed by atoms with Gasteiger partial charge in [0.25, 0.3) is 0 Å². The summed E-state index contributed by atoms with van der Waals surface area (Å²) in [7, 11) is 0. The molecule has 2 atom stereocenters. The molecule has 48 heavy (non-hydrogen) atoms. The maximum Gasteiger partial charge on any atom is 0.410 e. The molecule has 0 spiro atoms. The van der Waals surface area contributed by atoms with Crippen LogP contribution in [-0.4, -0.2) is 65.7 Å². The summed E-state index contributed by atoms with van der Waals surface area (Å²) in [4.78, 5) is 40.8. The number of carbonyl (C=O) groups is 3. The second-order valence-electron chi connectivity index (χ2n) is 18.2. The molecule has 4 rings (SSSR count). The Kier molecular flexibility index (Phi) is 13.9. The van der Waals surface area contributed by atoms with Crippen LogP contribution in [0.2, 0.25) is 0 Å². The molecule has 276 valence electrons. The number of nitrogens with zero attached hydrogens (tertiary/aromatic N) is 1. The number of ether oxygens (including phenoxy) is 1. The Labute approximate surface area is 298 Å². The molecule has 2 saturated heterocycles. The predicted molar refractivity (Wildman–Crippen MR) is 199 cm³/mol. The lowest BCUT2D eigenvalue weighted by Gasteiger charge is -2.52. The van der Waals surface area contributed by atoms with Crippen LogP contribution in [0.15, 0.2) is 24.3 Å². The van der Waals surface area contributed by atoms with Crippen LogP contribution in [0.1, 0.15) is 140 Å². The number of piperidine rings is 2. The average molecular weight is 693 g/mol. The van der Waals surface area contributed by atoms with Crippen molar-refractivity contribution in [3.63, 3.8) is 0 Å². The zero-order valence-corrected chi connectivity index (χ0v) is 33.0. The first-order valence-electron chi connectivity index (χ1n) is 18.3. The van der Waals surface area contributed by atoms with Crippen LogP contribution in [0.3, 0.4) is 0 Å². The van der Waals surface area contributed by atoms with E-state index in [1.165, 1.54) is 6.42 Å². The highest BCUT2D eigenvalue weighted by Crippen LogP contribution is 2.54. The maximum atomic E-state index is 13.5. The van der Waals surface area contributed by atoms with E-state index in [1.807, 2.05) is 41.5 Å². The van der Waals surface area contributed by atoms with Crippen LogP contribution in [-0.2, 0) is 14.3 Å². The van der Waals surface area contributed by atoms with Gasteiger partial charge in [-0.25, -0.2) is 4.79 Å². The van der Waals surface area contributed by atoms with E-state index in [1.54, 1.807) is 4.90 Å². The van der Waals surface area contributed by atoms with Gasteiger partial charge in [0.05, 0.1) is 10.8 Å². The molecule has 0 saturated carbocycles. The quantitative estimate of drug-likeness (QED) is 0.259. The lowest BCUT2D eigenvalue weighted by atomic mass is 9.56. The fourth-order valence-electron chi connectivity index (χ4n) is 8.11. The van der Waals surface area contributed by atoms with Crippen molar-refractivity contribution >= 4 is 30.3 Å². The Bertz CT molecular complexity index is 1160. The van der Waals surface area contributed by atoms with Gasteiger partial charge >= 0.3 is 6.09 Å². The fourth-order valence-corrected chi connectivity index (χ4v) is 8.11. The normalized spacial score (nSPS) is 27.0. The van der Waals surface area contributed by atoms with Gasteiger partial charge in [-0.2, -0.15) is 0 Å². The Morgan fingerprint density at radius 2 is 1.06 bits per heavy atom. The van der Waals surface area contributed by atoms with E-state index >= 15 is 0 Å². The smallest absolute Gasteiger partial charge is 0.410 e. The van der Waals surface area contributed by atoms with Crippen LogP contribution in [0.4, 0.5) is 4.79 Å². The number of allylic oxidation sites excluding steroid dienone is 4. The number of halogens is 1. The summed E-state index contributed by atoms with van der Waals surface area (Å²) in [6.45, 7) is 25.4. The van der Waals surface area contributed by atoms with Gasteiger partial charge in [-0.3, -0.25) is 9.59 Å². The standard InChI is InChI=1S/C22H38N2O3.C17H30N2O.ClH/c1-19(2,3)23-17(25)22(21(7)11-9-8-10-12-21)13-15-24(16-14-22)18(26)27-20(4,5)6;1-15(2,3)19-14(20)17(10-12-18-13-11-17)16(4)8-6-5-7-9-16;/h9,11H,8,10,12-16H2,1-7H3,(H,23,25);6,8,18H,5,7,9-13H2,1-4H3,(H,19,20);1H. The molecule has 0 aromatic heterocycles. The van der Waals surface area contributed by atoms with Crippen molar-refractivity contribution in [3.05, 3.63) is 24.3 Å². The summed E-state index contributed by atoms with van der Waals surface area (Å²) < 4.78 is 5.53. The first kappa shape index (κ1) is 42.1. The van der Waals surface area contributed by atoms with E-state index < -0.39 is 11.0 Å². The van der Waals surface area contributed by atoms with Crippen LogP contribution in [0, 0.1) is 21.7 Å². The highest BCUT2D eigenvalue weighted by molar-refractivity contribution is 5.86. The Balaban J connectivity index is 0.000000340. The molecule has 3 amide bonds. The molecular weight excluding hydrogens is 624 g/mol. The van der Waals surface area contributed by atoms with Gasteiger partial charge in [-0.05, 0) is 150 Å². The van der Waals surface area contributed by atoms with Gasteiger partial charge in [0.1, 0.15) is 5.60 Å². The number of carbonyl (C=O) groups excluding carboxylic acids is 3. The molecule has 2 heterocycles. The van der Waals surface area contributed by atoms with Crippen molar-refractivity contribution in [2.45, 2.75) is 157 Å². The minimum absolute atomic E-state index is 0. The number of hydrogen-bond donors (Lipinski definition) is 3. The van der Waals surface area contributed by atoms with E-state index in [0.717, 1.165) is 58.0 Å². The molecule has 8 nitrogen and oxygen atoms in total. The molecule has 9 heteroatoms. The molecule has 2 aliphatic carbocycles. The van der Waals surface area contributed by atoms with E-state index in [0.29, 0.717) is 25.9 Å². The van der Waals surface area contributed by atoms with Gasteiger partial charge in [0, 0.05) is 24.2 Å². The van der Waals surface area contributed by atoms with E-state index in [2.05, 4.69) is 74.9 Å². The number of amides is 3. The van der Waals surface area contributed by atoms with Gasteiger partial charge in [-0.1, -0.05) is 38.2 Å². The molecule has 0 bridgehead atoms. The summed E-state index contributed by atoms with van der Waals surface area (Å²) >= 11 is 0. The topological polar surface area (TPSA) is 99.8 Å². The summed E-state index contributed by atoms with van der Waals surface area (Å²) in [5, 5.41) is 9.89. The molecule has 3 N–H and O–H groups in total. The Morgan fingerprint density at radius 1 is 0.667 bits per heavy atom. The van der Waals surface area contributed by atoms with Crippen LogP contribution >= 0.6 is 12.4 Å². The summed E-state index contributed by atoms with van der Waals surface area (Å²) in [6, 6.07) is 0. The molecule has 4 aliphatic rings. The van der Waals surface area contributed by atoms with Crippen molar-refractivity contribution in [3.8, 4) is 0 Å². The molecule has 0 radical (unpaired) electrons. The average Bonchev–Trinajstić information content (AvgIpc) is 2.96. The molecular formula is C39H69ClN4O4. The minimum atomic E-state index is -0.507. The highest BCUT2D eigenvalue weighted by atomic mass is 35.5. The monoisotopic (exact) mass is 693 g/mol. The van der Waals surface area contributed by atoms with Gasteiger partial charge < -0.3 is 25.6 Å². The highest BCUT2D eigenvalue weighted by Gasteiger charge is 2.55. The zero-order chi connectivity index (χ0) is 35.4. The molecule has 0 aromatic rings. The van der Waals surface area contributed by atoms with Crippen molar-refractivity contribution < 1.29 is 19.1 Å². The minimum Gasteiger partial charge on any atom is -0.444 e. The van der Waals surface area contributed by atoms with E-state index in [4.69, 9.17) is 4.74 Å². The second-order valence-corrected chi connectivity index (χ2v) is 18.2. The van der Waals surface area contributed by atoms with Crippen molar-refractivity contribution in [1.29, 1.82) is 0 Å². The van der Waals surface area contributed by atoms with Crippen molar-refractivity contribution in [1.82, 2.24) is 20.9 Å². The summed E-state index contributed by atoms with van der Waals surface area (Å²) in [5.74, 6) is 0.369. The lowest BCUT2D eigenvalue weighted by molar-refractivity contribution is -0.144. The van der Waals surface area contributed by atoms with Gasteiger partial charge in [0.2, 0.25) is 11.8 Å². The fraction of sp³-hybridized carbons (Fsp3) is 0.821. The van der Waals surface area contributed by atoms with Crippen LogP contribution < -0.4 is 16.0 Å². The lowest BCUT2D eigenvalue weighted by Crippen LogP contribution is -2.60. The SMILES string of the molecule is CC(C)(C)NC(=O)C1(C2(C)C=CCCC2)CCN(C(=O)OC(C)(C)C)CC1.CC(C)(C)NC(=O)C1(C2(C)C=CCCC2)CCNCC1.Cl.